The molecule has 3 atom stereocenters. The van der Waals surface area contributed by atoms with Crippen molar-refractivity contribution in [2.75, 3.05) is 6.54 Å². The van der Waals surface area contributed by atoms with Gasteiger partial charge in [-0.05, 0) is 17.9 Å². The van der Waals surface area contributed by atoms with Crippen molar-refractivity contribution >= 4 is 18.5 Å². The molecule has 0 aromatic heterocycles. The molecule has 5 heteroatoms. The fourth-order valence-corrected chi connectivity index (χ4v) is 2.59. The number of alkyl carbamates (subject to hydrolysis) is 1. The number of halogens is 1. The van der Waals surface area contributed by atoms with Crippen molar-refractivity contribution in [3.05, 3.63) is 35.9 Å². The molecule has 2 aliphatic heterocycles. The number of benzene rings is 1. The molecule has 2 bridgehead atoms. The van der Waals surface area contributed by atoms with E-state index in [1.54, 1.807) is 0 Å². The summed E-state index contributed by atoms with van der Waals surface area (Å²) in [5.74, 6) is 0.601. The number of hydrogen-bond donors (Lipinski definition) is 2. The van der Waals surface area contributed by atoms with Gasteiger partial charge in [-0.3, -0.25) is 0 Å². The molecule has 18 heavy (non-hydrogen) atoms. The van der Waals surface area contributed by atoms with Crippen molar-refractivity contribution in [1.29, 1.82) is 0 Å². The number of ether oxygens (including phenoxy) is 1. The fourth-order valence-electron chi connectivity index (χ4n) is 2.59. The number of rotatable bonds is 3. The average Bonchev–Trinajstić information content (AvgIpc) is 2.98. The lowest BCUT2D eigenvalue weighted by molar-refractivity contribution is 0.123. The maximum atomic E-state index is 11.6. The Kier molecular flexibility index (Phi) is 4.09. The van der Waals surface area contributed by atoms with Gasteiger partial charge in [0.25, 0.3) is 0 Å². The monoisotopic (exact) mass is 268 g/mol. The Balaban J connectivity index is 0.00000120. The maximum absolute atomic E-state index is 11.6. The van der Waals surface area contributed by atoms with E-state index in [2.05, 4.69) is 10.6 Å². The number of nitrogens with one attached hydrogen (secondary N) is 2. The SMILES string of the molecule is Cl.O=C(NC1C2CNC1C2)OCc1ccccc1. The number of carbonyl (C=O) groups is 1. The highest BCUT2D eigenvalue weighted by Crippen LogP contribution is 2.33. The zero-order valence-electron chi connectivity index (χ0n) is 9.96. The second kappa shape index (κ2) is 5.59. The van der Waals surface area contributed by atoms with Crippen molar-refractivity contribution in [2.45, 2.75) is 25.1 Å². The van der Waals surface area contributed by atoms with Crippen molar-refractivity contribution < 1.29 is 9.53 Å². The predicted octanol–water partition coefficient (Wildman–Crippen LogP) is 1.69. The highest BCUT2D eigenvalue weighted by Gasteiger charge is 2.47. The van der Waals surface area contributed by atoms with Crippen LogP contribution in [0.2, 0.25) is 0 Å². The Labute approximate surface area is 113 Å². The number of amides is 1. The van der Waals surface area contributed by atoms with E-state index < -0.39 is 0 Å². The number of hydrogen-bond acceptors (Lipinski definition) is 3. The Bertz CT molecular complexity index is 399. The van der Waals surface area contributed by atoms with Crippen LogP contribution in [0.4, 0.5) is 4.79 Å². The second-order valence-electron chi connectivity index (χ2n) is 4.74. The third kappa shape index (κ3) is 2.60. The third-order valence-electron chi connectivity index (χ3n) is 3.64. The quantitative estimate of drug-likeness (QED) is 0.877. The first-order chi connectivity index (χ1) is 8.33. The predicted molar refractivity (Wildman–Crippen MR) is 70.7 cm³/mol. The van der Waals surface area contributed by atoms with Crippen LogP contribution in [0, 0.1) is 5.92 Å². The van der Waals surface area contributed by atoms with E-state index in [-0.39, 0.29) is 24.5 Å². The highest BCUT2D eigenvalue weighted by atomic mass is 35.5. The minimum Gasteiger partial charge on any atom is -0.445 e. The van der Waals surface area contributed by atoms with Gasteiger partial charge in [0.05, 0.1) is 6.04 Å². The lowest BCUT2D eigenvalue weighted by Gasteiger charge is -2.34. The van der Waals surface area contributed by atoms with Gasteiger partial charge < -0.3 is 15.4 Å². The number of fused-ring (bicyclic) bond motifs is 1. The minimum absolute atomic E-state index is 0. The normalized spacial score (nSPS) is 27.9. The summed E-state index contributed by atoms with van der Waals surface area (Å²) < 4.78 is 5.18. The molecule has 0 radical (unpaired) electrons. The molecule has 4 rings (SSSR count). The first kappa shape index (κ1) is 13.2. The molecule has 3 fully saturated rings. The smallest absolute Gasteiger partial charge is 0.407 e. The molecule has 4 nitrogen and oxygen atoms in total. The van der Waals surface area contributed by atoms with E-state index in [9.17, 15) is 4.79 Å². The summed E-state index contributed by atoms with van der Waals surface area (Å²) >= 11 is 0. The highest BCUT2D eigenvalue weighted by molar-refractivity contribution is 5.85. The topological polar surface area (TPSA) is 50.4 Å². The van der Waals surface area contributed by atoms with Gasteiger partial charge >= 0.3 is 6.09 Å². The van der Waals surface area contributed by atoms with E-state index in [4.69, 9.17) is 4.74 Å². The van der Waals surface area contributed by atoms with Crippen LogP contribution < -0.4 is 10.6 Å². The van der Waals surface area contributed by atoms with Crippen LogP contribution in [0.5, 0.6) is 0 Å². The first-order valence-electron chi connectivity index (χ1n) is 6.03. The molecule has 1 saturated carbocycles. The molecule has 1 amide bonds. The minimum atomic E-state index is -0.308. The van der Waals surface area contributed by atoms with Crippen LogP contribution in [0.15, 0.2) is 30.3 Å². The molecule has 1 aromatic rings. The molecule has 98 valence electrons. The summed E-state index contributed by atoms with van der Waals surface area (Å²) in [6.07, 6.45) is 0.876. The van der Waals surface area contributed by atoms with E-state index in [1.165, 1.54) is 6.42 Å². The van der Waals surface area contributed by atoms with Crippen LogP contribution in [0.3, 0.4) is 0 Å². The van der Waals surface area contributed by atoms with Crippen molar-refractivity contribution in [1.82, 2.24) is 10.6 Å². The van der Waals surface area contributed by atoms with Gasteiger partial charge in [0.2, 0.25) is 0 Å². The zero-order valence-corrected chi connectivity index (χ0v) is 10.8. The van der Waals surface area contributed by atoms with E-state index in [0.717, 1.165) is 12.1 Å². The van der Waals surface area contributed by atoms with E-state index in [0.29, 0.717) is 18.6 Å². The van der Waals surface area contributed by atoms with Crippen LogP contribution >= 0.6 is 12.4 Å². The number of carbonyl (C=O) groups excluding carboxylic acids is 1. The molecule has 0 spiro atoms. The van der Waals surface area contributed by atoms with Crippen molar-refractivity contribution in [2.24, 2.45) is 5.92 Å². The van der Waals surface area contributed by atoms with Gasteiger partial charge in [-0.15, -0.1) is 12.4 Å². The summed E-state index contributed by atoms with van der Waals surface area (Å²) in [6.45, 7) is 1.36. The Morgan fingerprint density at radius 2 is 2.17 bits per heavy atom. The Morgan fingerprint density at radius 3 is 2.78 bits per heavy atom. The molecule has 3 aliphatic rings. The van der Waals surface area contributed by atoms with E-state index >= 15 is 0 Å². The van der Waals surface area contributed by atoms with Gasteiger partial charge in [-0.25, -0.2) is 4.79 Å². The molecule has 1 aromatic carbocycles. The van der Waals surface area contributed by atoms with Gasteiger partial charge in [0.15, 0.2) is 0 Å². The van der Waals surface area contributed by atoms with Crippen molar-refractivity contribution in [3.63, 3.8) is 0 Å². The van der Waals surface area contributed by atoms with Crippen LogP contribution in [-0.4, -0.2) is 24.7 Å². The largest absolute Gasteiger partial charge is 0.445 e. The van der Waals surface area contributed by atoms with Crippen molar-refractivity contribution in [3.8, 4) is 0 Å². The van der Waals surface area contributed by atoms with Crippen LogP contribution in [-0.2, 0) is 11.3 Å². The molecule has 1 aliphatic carbocycles. The average molecular weight is 269 g/mol. The summed E-state index contributed by atoms with van der Waals surface area (Å²) in [4.78, 5) is 11.6. The molecule has 2 saturated heterocycles. The third-order valence-corrected chi connectivity index (χ3v) is 3.64. The maximum Gasteiger partial charge on any atom is 0.407 e. The van der Waals surface area contributed by atoms with Gasteiger partial charge in [0.1, 0.15) is 6.61 Å². The summed E-state index contributed by atoms with van der Waals surface area (Å²) in [7, 11) is 0. The first-order valence-corrected chi connectivity index (χ1v) is 6.03. The molecular formula is C13H17ClN2O2. The van der Waals surface area contributed by atoms with Gasteiger partial charge in [0, 0.05) is 12.6 Å². The van der Waals surface area contributed by atoms with Gasteiger partial charge in [-0.2, -0.15) is 0 Å². The zero-order chi connectivity index (χ0) is 11.7. The summed E-state index contributed by atoms with van der Waals surface area (Å²) in [6, 6.07) is 10.5. The lowest BCUT2D eigenvalue weighted by atomic mass is 9.80. The Morgan fingerprint density at radius 1 is 1.39 bits per heavy atom. The van der Waals surface area contributed by atoms with Gasteiger partial charge in [-0.1, -0.05) is 30.3 Å². The Hall–Kier alpha value is -1.26. The van der Waals surface area contributed by atoms with E-state index in [1.807, 2.05) is 30.3 Å². The summed E-state index contributed by atoms with van der Waals surface area (Å²) in [5, 5.41) is 6.28. The molecule has 2 N–H and O–H groups in total. The molecular weight excluding hydrogens is 252 g/mol. The standard InChI is InChI=1S/C13H16N2O2.ClH/c16-13(15-12-10-6-11(12)14-7-10)17-8-9-4-2-1-3-5-9;/h1-5,10-12,14H,6-8H2,(H,15,16);1H. The fraction of sp³-hybridized carbons (Fsp3) is 0.462. The lowest BCUT2D eigenvalue weighted by Crippen LogP contribution is -2.54. The molecule has 3 unspecified atom stereocenters. The second-order valence-corrected chi connectivity index (χ2v) is 4.74. The molecule has 2 heterocycles. The van der Waals surface area contributed by atoms with Crippen LogP contribution in [0.1, 0.15) is 12.0 Å². The van der Waals surface area contributed by atoms with Crippen LogP contribution in [0.25, 0.3) is 0 Å². The summed E-state index contributed by atoms with van der Waals surface area (Å²) in [5.41, 5.74) is 1.01.